The summed E-state index contributed by atoms with van der Waals surface area (Å²) in [5.74, 6) is -3.94. The molecule has 0 saturated heterocycles. The number of hydrogen-bond donors (Lipinski definition) is 5. The van der Waals surface area contributed by atoms with Crippen LogP contribution < -0.4 is 10.2 Å². The second-order valence-corrected chi connectivity index (χ2v) is 7.65. The highest BCUT2D eigenvalue weighted by atomic mass is 16.5. The first-order valence-corrected chi connectivity index (χ1v) is 9.82. The first-order chi connectivity index (χ1) is 15.7. The molecule has 0 aliphatic carbocycles. The molecule has 33 heavy (non-hydrogen) atoms. The molecule has 2 heterocycles. The van der Waals surface area contributed by atoms with Gasteiger partial charge in [0.2, 0.25) is 11.2 Å². The second-order valence-electron chi connectivity index (χ2n) is 7.65. The zero-order chi connectivity index (χ0) is 23.4. The van der Waals surface area contributed by atoms with Crippen LogP contribution in [0.25, 0.3) is 22.3 Å². The normalized spacial score (nSPS) is 15.3. The molecule has 4 aromatic rings. The number of ether oxygens (including phenoxy) is 1. The standard InChI is InChI=1S/C24H16O9/c25-12-3-1-2-10(6-12)13-8-18(29)32-17-9-16(28)20-21(30)22(31)23(33-24(20)19(13)17)11-4-5-14(26)15(27)7-11/h1-7,9,13,25-28,31H,8H2/t13-/m1/s1. The summed E-state index contributed by atoms with van der Waals surface area (Å²) in [6.45, 7) is 0. The van der Waals surface area contributed by atoms with Gasteiger partial charge in [-0.2, -0.15) is 0 Å². The average molecular weight is 448 g/mol. The molecule has 5 rings (SSSR count). The molecule has 0 spiro atoms. The fourth-order valence-corrected chi connectivity index (χ4v) is 4.07. The van der Waals surface area contributed by atoms with Crippen LogP contribution in [0.2, 0.25) is 0 Å². The van der Waals surface area contributed by atoms with Crippen molar-refractivity contribution in [3.05, 3.63) is 69.9 Å². The molecule has 9 heteroatoms. The highest BCUT2D eigenvalue weighted by molar-refractivity contribution is 5.94. The Labute approximate surface area is 185 Å². The van der Waals surface area contributed by atoms with Crippen molar-refractivity contribution in [2.24, 2.45) is 0 Å². The monoisotopic (exact) mass is 448 g/mol. The van der Waals surface area contributed by atoms with Crippen LogP contribution in [0.3, 0.4) is 0 Å². The third kappa shape index (κ3) is 3.18. The molecule has 0 unspecified atom stereocenters. The lowest BCUT2D eigenvalue weighted by atomic mass is 9.85. The number of hydrogen-bond acceptors (Lipinski definition) is 9. The second kappa shape index (κ2) is 7.20. The van der Waals surface area contributed by atoms with Gasteiger partial charge in [-0.1, -0.05) is 12.1 Å². The lowest BCUT2D eigenvalue weighted by Crippen LogP contribution is -2.22. The highest BCUT2D eigenvalue weighted by Crippen LogP contribution is 2.47. The van der Waals surface area contributed by atoms with E-state index >= 15 is 0 Å². The quantitative estimate of drug-likeness (QED) is 0.176. The first-order valence-electron chi connectivity index (χ1n) is 9.82. The van der Waals surface area contributed by atoms with E-state index in [2.05, 4.69) is 0 Å². The molecular weight excluding hydrogens is 432 g/mol. The van der Waals surface area contributed by atoms with Crippen LogP contribution in [0.5, 0.6) is 34.5 Å². The number of rotatable bonds is 2. The van der Waals surface area contributed by atoms with E-state index in [1.165, 1.54) is 18.2 Å². The number of fused-ring (bicyclic) bond motifs is 3. The maximum absolute atomic E-state index is 13.0. The van der Waals surface area contributed by atoms with Crippen LogP contribution >= 0.6 is 0 Å². The summed E-state index contributed by atoms with van der Waals surface area (Å²) >= 11 is 0. The minimum atomic E-state index is -0.939. The maximum Gasteiger partial charge on any atom is 0.312 e. The van der Waals surface area contributed by atoms with Gasteiger partial charge in [-0.3, -0.25) is 9.59 Å². The Morgan fingerprint density at radius 1 is 0.848 bits per heavy atom. The summed E-state index contributed by atoms with van der Waals surface area (Å²) in [6, 6.07) is 10.9. The van der Waals surface area contributed by atoms with Gasteiger partial charge in [0.05, 0.1) is 6.42 Å². The summed E-state index contributed by atoms with van der Waals surface area (Å²) in [5, 5.41) is 50.0. The Morgan fingerprint density at radius 3 is 2.36 bits per heavy atom. The van der Waals surface area contributed by atoms with Gasteiger partial charge < -0.3 is 34.7 Å². The first kappa shape index (κ1) is 20.3. The zero-order valence-electron chi connectivity index (χ0n) is 16.8. The number of phenolic OH excluding ortho intramolecular Hbond substituents is 4. The van der Waals surface area contributed by atoms with E-state index in [9.17, 15) is 35.1 Å². The molecule has 9 nitrogen and oxygen atoms in total. The van der Waals surface area contributed by atoms with Crippen molar-refractivity contribution in [3.63, 3.8) is 0 Å². The van der Waals surface area contributed by atoms with Crippen LogP contribution in [0.4, 0.5) is 0 Å². The van der Waals surface area contributed by atoms with E-state index in [1.807, 2.05) is 0 Å². The van der Waals surface area contributed by atoms with E-state index in [0.717, 1.165) is 18.2 Å². The Balaban J connectivity index is 1.86. The third-order valence-electron chi connectivity index (χ3n) is 5.58. The summed E-state index contributed by atoms with van der Waals surface area (Å²) < 4.78 is 11.2. The van der Waals surface area contributed by atoms with Crippen molar-refractivity contribution in [3.8, 4) is 45.8 Å². The molecule has 0 saturated carbocycles. The van der Waals surface area contributed by atoms with Gasteiger partial charge in [0.1, 0.15) is 28.2 Å². The minimum Gasteiger partial charge on any atom is -0.508 e. The molecule has 1 aliphatic heterocycles. The molecule has 0 radical (unpaired) electrons. The fourth-order valence-electron chi connectivity index (χ4n) is 4.07. The molecule has 0 fully saturated rings. The molecule has 3 aromatic carbocycles. The zero-order valence-corrected chi connectivity index (χ0v) is 16.8. The largest absolute Gasteiger partial charge is 0.508 e. The van der Waals surface area contributed by atoms with Gasteiger partial charge in [-0.05, 0) is 35.9 Å². The van der Waals surface area contributed by atoms with Gasteiger partial charge in [0.25, 0.3) is 0 Å². The van der Waals surface area contributed by atoms with Gasteiger partial charge in [-0.25, -0.2) is 0 Å². The van der Waals surface area contributed by atoms with Gasteiger partial charge >= 0.3 is 5.97 Å². The van der Waals surface area contributed by atoms with Gasteiger partial charge in [0, 0.05) is 23.1 Å². The predicted octanol–water partition coefficient (Wildman–Crippen LogP) is 3.43. The van der Waals surface area contributed by atoms with Gasteiger partial charge in [-0.15, -0.1) is 0 Å². The number of phenols is 4. The topological polar surface area (TPSA) is 158 Å². The lowest BCUT2D eigenvalue weighted by molar-refractivity contribution is -0.135. The summed E-state index contributed by atoms with van der Waals surface area (Å²) in [5.41, 5.74) is -0.170. The van der Waals surface area contributed by atoms with Crippen LogP contribution in [-0.4, -0.2) is 31.5 Å². The Morgan fingerprint density at radius 2 is 1.64 bits per heavy atom. The van der Waals surface area contributed by atoms with Crippen LogP contribution in [-0.2, 0) is 4.79 Å². The molecule has 1 aliphatic rings. The number of carbonyl (C=O) groups excluding carboxylic acids is 1. The van der Waals surface area contributed by atoms with Gasteiger partial charge in [0.15, 0.2) is 17.3 Å². The SMILES string of the molecule is O=C1C[C@H](c2cccc(O)c2)c2c(cc(O)c3c(=O)c(O)c(-c4ccc(O)c(O)c4)oc23)O1. The van der Waals surface area contributed by atoms with Crippen LogP contribution in [0.15, 0.2) is 57.7 Å². The van der Waals surface area contributed by atoms with E-state index in [1.54, 1.807) is 12.1 Å². The van der Waals surface area contributed by atoms with E-state index in [-0.39, 0.29) is 45.8 Å². The van der Waals surface area contributed by atoms with Crippen molar-refractivity contribution >= 4 is 16.9 Å². The summed E-state index contributed by atoms with van der Waals surface area (Å²) in [6.07, 6.45) is -0.129. The molecule has 0 amide bonds. The van der Waals surface area contributed by atoms with Crippen molar-refractivity contribution < 1.29 is 39.5 Å². The maximum atomic E-state index is 13.0. The number of esters is 1. The van der Waals surface area contributed by atoms with E-state index in [0.29, 0.717) is 5.56 Å². The Kier molecular flexibility index (Phi) is 4.42. The molecule has 1 aromatic heterocycles. The summed E-state index contributed by atoms with van der Waals surface area (Å²) in [4.78, 5) is 25.3. The van der Waals surface area contributed by atoms with Crippen molar-refractivity contribution in [2.45, 2.75) is 12.3 Å². The predicted molar refractivity (Wildman–Crippen MR) is 115 cm³/mol. The van der Waals surface area contributed by atoms with E-state index < -0.39 is 40.3 Å². The molecule has 0 bridgehead atoms. The van der Waals surface area contributed by atoms with Crippen molar-refractivity contribution in [1.29, 1.82) is 0 Å². The number of carbonyl (C=O) groups is 1. The van der Waals surface area contributed by atoms with Crippen molar-refractivity contribution in [1.82, 2.24) is 0 Å². The van der Waals surface area contributed by atoms with Crippen LogP contribution in [0, 0.1) is 0 Å². The summed E-state index contributed by atoms with van der Waals surface area (Å²) in [7, 11) is 0. The number of aromatic hydroxyl groups is 5. The van der Waals surface area contributed by atoms with Crippen LogP contribution in [0.1, 0.15) is 23.5 Å². The van der Waals surface area contributed by atoms with E-state index in [4.69, 9.17) is 9.15 Å². The Bertz CT molecular complexity index is 1520. The molecular formula is C24H16O9. The lowest BCUT2D eigenvalue weighted by Gasteiger charge is -2.26. The Hall–Kier alpha value is -4.66. The highest BCUT2D eigenvalue weighted by Gasteiger charge is 2.34. The minimum absolute atomic E-state index is 0.0297. The molecule has 166 valence electrons. The molecule has 1 atom stereocenters. The molecule has 5 N–H and O–H groups in total. The number of benzene rings is 3. The smallest absolute Gasteiger partial charge is 0.312 e. The fraction of sp³-hybridized carbons (Fsp3) is 0.0833. The van der Waals surface area contributed by atoms with Crippen molar-refractivity contribution in [2.75, 3.05) is 0 Å². The third-order valence-corrected chi connectivity index (χ3v) is 5.58. The average Bonchev–Trinajstić information content (AvgIpc) is 2.77.